The van der Waals surface area contributed by atoms with Crippen molar-refractivity contribution in [3.63, 3.8) is 0 Å². The second-order valence-electron chi connectivity index (χ2n) is 10.8. The van der Waals surface area contributed by atoms with Crippen LogP contribution in [0.3, 0.4) is 0 Å². The Labute approximate surface area is 272 Å². The number of hydrogen-bond donors (Lipinski definition) is 0. The van der Waals surface area contributed by atoms with E-state index in [4.69, 9.17) is 18.9 Å². The lowest BCUT2D eigenvalue weighted by molar-refractivity contribution is -0.276. The van der Waals surface area contributed by atoms with Crippen LogP contribution in [-0.2, 0) is 14.2 Å². The fourth-order valence-electron chi connectivity index (χ4n) is 4.94. The van der Waals surface area contributed by atoms with E-state index in [1.165, 1.54) is 12.1 Å². The van der Waals surface area contributed by atoms with Gasteiger partial charge >= 0.3 is 12.3 Å². The molecule has 0 bridgehead atoms. The van der Waals surface area contributed by atoms with Crippen molar-refractivity contribution in [3.05, 3.63) is 107 Å². The molecule has 0 radical (unpaired) electrons. The molecule has 4 aromatic carbocycles. The standard InChI is InChI=1S/C34H25F9O6/c1-2-7-45-14-17-15-46-33(47-16-17)18-3-5-22(24(35)8-18)19-9-26(37)30(27(38)10-19)32(44)48-21-4-6-23(25(36)13-21)20-11-28(39)31(29(40)12-20)49-34(41,42)43/h3-6,8-13,17,33H,2,7,14-16H2,1H3. The van der Waals surface area contributed by atoms with Crippen LogP contribution in [0.1, 0.15) is 35.6 Å². The minimum Gasteiger partial charge on any atom is -0.423 e. The Kier molecular flexibility index (Phi) is 10.8. The second-order valence-corrected chi connectivity index (χ2v) is 10.8. The molecule has 49 heavy (non-hydrogen) atoms. The summed E-state index contributed by atoms with van der Waals surface area (Å²) in [6.07, 6.45) is -5.39. The zero-order valence-corrected chi connectivity index (χ0v) is 25.3. The van der Waals surface area contributed by atoms with Gasteiger partial charge in [-0.25, -0.2) is 31.1 Å². The first kappa shape index (κ1) is 35.7. The predicted octanol–water partition coefficient (Wildman–Crippen LogP) is 9.06. The van der Waals surface area contributed by atoms with Gasteiger partial charge in [0, 0.05) is 35.3 Å². The summed E-state index contributed by atoms with van der Waals surface area (Å²) in [5, 5.41) is 0. The van der Waals surface area contributed by atoms with Gasteiger partial charge in [-0.15, -0.1) is 13.2 Å². The lowest BCUT2D eigenvalue weighted by Gasteiger charge is -2.29. The molecule has 1 saturated heterocycles. The number of carbonyl (C=O) groups is 1. The van der Waals surface area contributed by atoms with Gasteiger partial charge < -0.3 is 23.7 Å². The third-order valence-electron chi connectivity index (χ3n) is 7.17. The third-order valence-corrected chi connectivity index (χ3v) is 7.17. The van der Waals surface area contributed by atoms with Crippen LogP contribution in [0, 0.1) is 40.8 Å². The number of rotatable bonds is 10. The Morgan fingerprint density at radius 3 is 1.84 bits per heavy atom. The largest absolute Gasteiger partial charge is 0.573 e. The molecule has 1 aliphatic rings. The average molecular weight is 701 g/mol. The van der Waals surface area contributed by atoms with Gasteiger partial charge in [-0.2, -0.15) is 0 Å². The van der Waals surface area contributed by atoms with E-state index in [1.54, 1.807) is 0 Å². The first-order valence-electron chi connectivity index (χ1n) is 14.6. The molecule has 4 aromatic rings. The Balaban J connectivity index is 1.28. The van der Waals surface area contributed by atoms with Crippen molar-refractivity contribution >= 4 is 5.97 Å². The summed E-state index contributed by atoms with van der Waals surface area (Å²) in [5.41, 5.74) is -2.36. The van der Waals surface area contributed by atoms with Crippen LogP contribution in [0.2, 0.25) is 0 Å². The molecule has 1 aliphatic heterocycles. The van der Waals surface area contributed by atoms with Crippen LogP contribution >= 0.6 is 0 Å². The fourth-order valence-corrected chi connectivity index (χ4v) is 4.94. The average Bonchev–Trinajstić information content (AvgIpc) is 3.02. The smallest absolute Gasteiger partial charge is 0.423 e. The fraction of sp³-hybridized carbons (Fsp3) is 0.265. The highest BCUT2D eigenvalue weighted by atomic mass is 19.4. The predicted molar refractivity (Wildman–Crippen MR) is 154 cm³/mol. The quantitative estimate of drug-likeness (QED) is 0.0713. The first-order valence-corrected chi connectivity index (χ1v) is 14.6. The number of alkyl halides is 3. The molecule has 5 rings (SSSR count). The van der Waals surface area contributed by atoms with E-state index in [0.29, 0.717) is 62.3 Å². The number of carbonyl (C=O) groups excluding carboxylic acids is 1. The maximum atomic E-state index is 15.1. The van der Waals surface area contributed by atoms with Crippen LogP contribution in [0.5, 0.6) is 11.5 Å². The molecule has 0 unspecified atom stereocenters. The number of halogens is 9. The number of hydrogen-bond acceptors (Lipinski definition) is 6. The van der Waals surface area contributed by atoms with Gasteiger partial charge in [0.1, 0.15) is 34.6 Å². The van der Waals surface area contributed by atoms with Crippen molar-refractivity contribution in [1.82, 2.24) is 0 Å². The lowest BCUT2D eigenvalue weighted by Crippen LogP contribution is -2.30. The van der Waals surface area contributed by atoms with Gasteiger partial charge in [0.25, 0.3) is 0 Å². The molecule has 1 heterocycles. The van der Waals surface area contributed by atoms with Gasteiger partial charge in [-0.05, 0) is 60.0 Å². The van der Waals surface area contributed by atoms with Crippen LogP contribution in [0.15, 0.2) is 60.7 Å². The van der Waals surface area contributed by atoms with Gasteiger partial charge in [0.05, 0.1) is 19.8 Å². The van der Waals surface area contributed by atoms with Crippen LogP contribution in [0.4, 0.5) is 39.5 Å². The van der Waals surface area contributed by atoms with Crippen molar-refractivity contribution in [2.75, 3.05) is 26.4 Å². The summed E-state index contributed by atoms with van der Waals surface area (Å²) in [5.74, 6) is -12.4. The molecule has 260 valence electrons. The van der Waals surface area contributed by atoms with Gasteiger partial charge in [-0.3, -0.25) is 0 Å². The Bertz CT molecular complexity index is 1790. The molecule has 15 heteroatoms. The van der Waals surface area contributed by atoms with E-state index in [1.807, 2.05) is 6.92 Å². The zero-order chi connectivity index (χ0) is 35.5. The van der Waals surface area contributed by atoms with E-state index >= 15 is 13.2 Å². The summed E-state index contributed by atoms with van der Waals surface area (Å²) >= 11 is 0. The van der Waals surface area contributed by atoms with Gasteiger partial charge in [0.15, 0.2) is 17.9 Å². The van der Waals surface area contributed by atoms with E-state index in [-0.39, 0.29) is 17.0 Å². The van der Waals surface area contributed by atoms with Gasteiger partial charge in [0.2, 0.25) is 5.75 Å². The van der Waals surface area contributed by atoms with E-state index in [9.17, 15) is 31.1 Å². The first-order chi connectivity index (χ1) is 23.2. The highest BCUT2D eigenvalue weighted by molar-refractivity contribution is 5.92. The SMILES string of the molecule is CCCOCC1COC(c2ccc(-c3cc(F)c(C(=O)Oc4ccc(-c5cc(F)c(OC(F)(F)F)c(F)c5)c(F)c4)c(F)c3)c(F)c2)OC1. The van der Waals surface area contributed by atoms with Crippen molar-refractivity contribution in [2.24, 2.45) is 5.92 Å². The van der Waals surface area contributed by atoms with Crippen LogP contribution in [0.25, 0.3) is 22.3 Å². The second kappa shape index (κ2) is 14.9. The van der Waals surface area contributed by atoms with Crippen LogP contribution < -0.4 is 9.47 Å². The molecule has 0 N–H and O–H groups in total. The Morgan fingerprint density at radius 2 is 1.31 bits per heavy atom. The highest BCUT2D eigenvalue weighted by Gasteiger charge is 2.34. The summed E-state index contributed by atoms with van der Waals surface area (Å²) in [6, 6.07) is 8.30. The molecule has 0 spiro atoms. The van der Waals surface area contributed by atoms with E-state index in [2.05, 4.69) is 4.74 Å². The van der Waals surface area contributed by atoms with Crippen molar-refractivity contribution < 1.29 is 68.0 Å². The highest BCUT2D eigenvalue weighted by Crippen LogP contribution is 2.35. The number of ether oxygens (including phenoxy) is 5. The maximum absolute atomic E-state index is 15.1. The zero-order valence-electron chi connectivity index (χ0n) is 25.3. The molecular formula is C34H25F9O6. The van der Waals surface area contributed by atoms with Crippen molar-refractivity contribution in [3.8, 4) is 33.8 Å². The Morgan fingerprint density at radius 1 is 0.755 bits per heavy atom. The molecule has 0 saturated carbocycles. The summed E-state index contributed by atoms with van der Waals surface area (Å²) in [4.78, 5) is 12.7. The maximum Gasteiger partial charge on any atom is 0.573 e. The molecule has 1 fully saturated rings. The number of esters is 1. The summed E-state index contributed by atoms with van der Waals surface area (Å²) in [7, 11) is 0. The molecular weight excluding hydrogens is 675 g/mol. The Hall–Kier alpha value is -4.60. The van der Waals surface area contributed by atoms with Crippen LogP contribution in [-0.4, -0.2) is 38.8 Å². The molecule has 0 amide bonds. The monoisotopic (exact) mass is 700 g/mol. The van der Waals surface area contributed by atoms with E-state index in [0.717, 1.165) is 24.6 Å². The summed E-state index contributed by atoms with van der Waals surface area (Å²) < 4.78 is 150. The summed E-state index contributed by atoms with van der Waals surface area (Å²) in [6.45, 7) is 3.68. The third kappa shape index (κ3) is 8.53. The van der Waals surface area contributed by atoms with Crippen molar-refractivity contribution in [2.45, 2.75) is 26.0 Å². The van der Waals surface area contributed by atoms with Gasteiger partial charge in [-0.1, -0.05) is 19.1 Å². The van der Waals surface area contributed by atoms with Crippen molar-refractivity contribution in [1.29, 1.82) is 0 Å². The molecule has 6 nitrogen and oxygen atoms in total. The molecule has 0 aromatic heterocycles. The molecule has 0 atom stereocenters. The lowest BCUT2D eigenvalue weighted by atomic mass is 10.0. The minimum atomic E-state index is -5.39. The topological polar surface area (TPSA) is 63.2 Å². The van der Waals surface area contributed by atoms with E-state index < -0.39 is 81.7 Å². The molecule has 0 aliphatic carbocycles. The minimum absolute atomic E-state index is 0.00884. The normalized spacial score (nSPS) is 16.4. The number of benzene rings is 4.